The number of ketones is 1. The van der Waals surface area contributed by atoms with Crippen molar-refractivity contribution >= 4 is 22.7 Å². The number of urea groups is 1. The van der Waals surface area contributed by atoms with E-state index in [1.165, 1.54) is 12.1 Å². The molecule has 0 saturated carbocycles. The second-order valence-electron chi connectivity index (χ2n) is 8.50. The van der Waals surface area contributed by atoms with Gasteiger partial charge in [0.05, 0.1) is 0 Å². The third-order valence-corrected chi connectivity index (χ3v) is 6.70. The summed E-state index contributed by atoms with van der Waals surface area (Å²) in [6.07, 6.45) is -1.70. The quantitative estimate of drug-likeness (QED) is 0.719. The van der Waals surface area contributed by atoms with E-state index in [9.17, 15) is 22.8 Å². The molecule has 1 aromatic carbocycles. The Morgan fingerprint density at radius 2 is 1.97 bits per heavy atom. The van der Waals surface area contributed by atoms with Gasteiger partial charge in [0, 0.05) is 60.3 Å². The summed E-state index contributed by atoms with van der Waals surface area (Å²) >= 11 is 0. The van der Waals surface area contributed by atoms with Crippen molar-refractivity contribution in [1.29, 1.82) is 0 Å². The van der Waals surface area contributed by atoms with Gasteiger partial charge in [-0.3, -0.25) is 4.79 Å². The standard InChI is InChI=1S/C22H27F3N4O2/c1-4-29(5-2)21(31)27-14-9-15-16-6-12(20(30)22(23,24)25)7-17-19(16)13(10-26-17)8-18(15)28(3)11-14/h6-7,10,14-15,18,26H,4-5,8-9,11H2,1-3H3,(H,27,31)/t14-,15+,18+/m0/s1. The number of alkyl halides is 3. The number of nitrogens with one attached hydrogen (secondary N) is 2. The maximum absolute atomic E-state index is 13.1. The van der Waals surface area contributed by atoms with Gasteiger partial charge in [0.25, 0.3) is 5.78 Å². The third kappa shape index (κ3) is 3.79. The van der Waals surface area contributed by atoms with Crippen molar-refractivity contribution in [2.45, 2.75) is 50.9 Å². The van der Waals surface area contributed by atoms with Gasteiger partial charge in [-0.05, 0) is 57.0 Å². The van der Waals surface area contributed by atoms with E-state index in [1.807, 2.05) is 27.1 Å². The van der Waals surface area contributed by atoms with Crippen molar-refractivity contribution in [2.24, 2.45) is 0 Å². The van der Waals surface area contributed by atoms with E-state index < -0.39 is 12.0 Å². The first-order valence-electron chi connectivity index (χ1n) is 10.6. The molecule has 2 heterocycles. The number of likely N-dealkylation sites (N-methyl/N-ethyl adjacent to an activating group) is 1. The van der Waals surface area contributed by atoms with Crippen LogP contribution in [0.5, 0.6) is 0 Å². The van der Waals surface area contributed by atoms with Crippen LogP contribution in [0.4, 0.5) is 18.0 Å². The third-order valence-electron chi connectivity index (χ3n) is 6.70. The predicted molar refractivity (Wildman–Crippen MR) is 111 cm³/mol. The molecule has 1 aromatic heterocycles. The Bertz CT molecular complexity index is 1010. The number of fused-ring (bicyclic) bond motifs is 2. The average molecular weight is 436 g/mol. The molecule has 2 aromatic rings. The zero-order valence-electron chi connectivity index (χ0n) is 17.8. The number of hydrogen-bond donors (Lipinski definition) is 2. The molecule has 2 N–H and O–H groups in total. The molecule has 1 fully saturated rings. The number of nitrogens with zero attached hydrogens (tertiary/aromatic N) is 2. The summed E-state index contributed by atoms with van der Waals surface area (Å²) in [7, 11) is 1.98. The van der Waals surface area contributed by atoms with Crippen molar-refractivity contribution in [1.82, 2.24) is 20.1 Å². The Hall–Kier alpha value is -2.55. The Balaban J connectivity index is 1.70. The first kappa shape index (κ1) is 21.7. The van der Waals surface area contributed by atoms with Crippen LogP contribution in [0.1, 0.15) is 47.7 Å². The number of amides is 2. The van der Waals surface area contributed by atoms with E-state index in [1.54, 1.807) is 4.90 Å². The number of H-pyrrole nitrogens is 1. The maximum atomic E-state index is 13.1. The number of aromatic amines is 1. The Labute approximate surface area is 178 Å². The first-order valence-corrected chi connectivity index (χ1v) is 10.6. The zero-order chi connectivity index (χ0) is 22.5. The van der Waals surface area contributed by atoms with Crippen LogP contribution >= 0.6 is 0 Å². The van der Waals surface area contributed by atoms with Crippen LogP contribution < -0.4 is 5.32 Å². The van der Waals surface area contributed by atoms with Gasteiger partial charge in [0.15, 0.2) is 0 Å². The minimum atomic E-state index is -4.92. The molecule has 1 aliphatic carbocycles. The van der Waals surface area contributed by atoms with Gasteiger partial charge in [-0.15, -0.1) is 0 Å². The number of Topliss-reactive ketones (excluding diaryl/α,β-unsaturated/α-hetero) is 1. The van der Waals surface area contributed by atoms with Gasteiger partial charge >= 0.3 is 12.2 Å². The molecule has 3 atom stereocenters. The molecule has 0 spiro atoms. The molecular weight excluding hydrogens is 409 g/mol. The van der Waals surface area contributed by atoms with Gasteiger partial charge in [-0.1, -0.05) is 0 Å². The van der Waals surface area contributed by atoms with E-state index >= 15 is 0 Å². The van der Waals surface area contributed by atoms with Crippen molar-refractivity contribution in [3.63, 3.8) is 0 Å². The SMILES string of the molecule is CCN(CC)C(=O)N[C@H]1C[C@@H]2c3cc(C(=O)C(F)(F)F)cc4[nH]cc(c34)C[C@H]2N(C)C1. The number of benzene rings is 1. The van der Waals surface area contributed by atoms with Gasteiger partial charge in [0.2, 0.25) is 0 Å². The fourth-order valence-electron chi connectivity index (χ4n) is 5.19. The number of carbonyl (C=O) groups excluding carboxylic acids is 2. The fourth-order valence-corrected chi connectivity index (χ4v) is 5.19. The largest absolute Gasteiger partial charge is 0.454 e. The highest BCUT2D eigenvalue weighted by molar-refractivity contribution is 6.04. The monoisotopic (exact) mass is 436 g/mol. The molecule has 168 valence electrons. The van der Waals surface area contributed by atoms with E-state index in [0.29, 0.717) is 31.6 Å². The summed E-state index contributed by atoms with van der Waals surface area (Å²) in [6.45, 7) is 5.71. The molecule has 0 unspecified atom stereocenters. The molecule has 0 radical (unpaired) electrons. The smallest absolute Gasteiger partial charge is 0.361 e. The summed E-state index contributed by atoms with van der Waals surface area (Å²) in [4.78, 5) is 31.5. The topological polar surface area (TPSA) is 68.4 Å². The van der Waals surface area contributed by atoms with Crippen LogP contribution in [-0.4, -0.2) is 71.5 Å². The van der Waals surface area contributed by atoms with Crippen LogP contribution in [0.2, 0.25) is 0 Å². The number of piperidine rings is 1. The summed E-state index contributed by atoms with van der Waals surface area (Å²) in [5, 5.41) is 3.99. The lowest BCUT2D eigenvalue weighted by Crippen LogP contribution is -2.56. The van der Waals surface area contributed by atoms with E-state index in [-0.39, 0.29) is 29.6 Å². The van der Waals surface area contributed by atoms with Crippen LogP contribution in [0.15, 0.2) is 18.3 Å². The summed E-state index contributed by atoms with van der Waals surface area (Å²) in [5.41, 5.74) is 2.01. The molecule has 1 saturated heterocycles. The maximum Gasteiger partial charge on any atom is 0.454 e. The molecule has 4 rings (SSSR count). The van der Waals surface area contributed by atoms with E-state index in [4.69, 9.17) is 0 Å². The van der Waals surface area contributed by atoms with E-state index in [2.05, 4.69) is 15.2 Å². The second-order valence-corrected chi connectivity index (χ2v) is 8.50. The number of likely N-dealkylation sites (tertiary alicyclic amines) is 1. The molecule has 2 aliphatic rings. The lowest BCUT2D eigenvalue weighted by molar-refractivity contribution is -0.0885. The van der Waals surface area contributed by atoms with Gasteiger partial charge < -0.3 is 20.1 Å². The van der Waals surface area contributed by atoms with Crippen LogP contribution in [0, 0.1) is 0 Å². The summed E-state index contributed by atoms with van der Waals surface area (Å²) in [5.74, 6) is -1.91. The molecule has 6 nitrogen and oxygen atoms in total. The lowest BCUT2D eigenvalue weighted by Gasteiger charge is -2.46. The number of hydrogen-bond acceptors (Lipinski definition) is 3. The Kier molecular flexibility index (Phi) is 5.49. The molecule has 1 aliphatic heterocycles. The first-order chi connectivity index (χ1) is 14.6. The summed E-state index contributed by atoms with van der Waals surface area (Å²) < 4.78 is 39.3. The highest BCUT2D eigenvalue weighted by atomic mass is 19.4. The van der Waals surface area contributed by atoms with Crippen molar-refractivity contribution in [2.75, 3.05) is 26.7 Å². The predicted octanol–water partition coefficient (Wildman–Crippen LogP) is 3.68. The molecule has 31 heavy (non-hydrogen) atoms. The number of rotatable bonds is 4. The number of halogens is 3. The average Bonchev–Trinajstić information content (AvgIpc) is 3.12. The molecule has 9 heteroatoms. The zero-order valence-corrected chi connectivity index (χ0v) is 17.8. The van der Waals surface area contributed by atoms with Crippen molar-refractivity contribution in [3.05, 3.63) is 35.0 Å². The molecule has 2 amide bonds. The van der Waals surface area contributed by atoms with Gasteiger partial charge in [-0.25, -0.2) is 4.79 Å². The van der Waals surface area contributed by atoms with Crippen LogP contribution in [-0.2, 0) is 6.42 Å². The second kappa shape index (κ2) is 7.85. The molecular formula is C22H27F3N4O2. The minimum Gasteiger partial charge on any atom is -0.361 e. The Morgan fingerprint density at radius 1 is 1.26 bits per heavy atom. The normalized spacial score (nSPS) is 23.5. The van der Waals surface area contributed by atoms with Crippen molar-refractivity contribution < 1.29 is 22.8 Å². The number of aromatic nitrogens is 1. The van der Waals surface area contributed by atoms with Gasteiger partial charge in [0.1, 0.15) is 0 Å². The van der Waals surface area contributed by atoms with Crippen molar-refractivity contribution in [3.8, 4) is 0 Å². The minimum absolute atomic E-state index is 0.0764. The highest BCUT2D eigenvalue weighted by Gasteiger charge is 2.43. The van der Waals surface area contributed by atoms with E-state index in [0.717, 1.165) is 22.9 Å². The Morgan fingerprint density at radius 3 is 2.61 bits per heavy atom. The molecule has 0 bridgehead atoms. The lowest BCUT2D eigenvalue weighted by atomic mass is 9.73. The fraction of sp³-hybridized carbons (Fsp3) is 0.545. The van der Waals surface area contributed by atoms with Crippen LogP contribution in [0.3, 0.4) is 0 Å². The highest BCUT2D eigenvalue weighted by Crippen LogP contribution is 2.44. The van der Waals surface area contributed by atoms with Crippen LogP contribution in [0.25, 0.3) is 10.9 Å². The summed E-state index contributed by atoms with van der Waals surface area (Å²) in [6, 6.07) is 2.55. The number of carbonyl (C=O) groups is 2. The van der Waals surface area contributed by atoms with Gasteiger partial charge in [-0.2, -0.15) is 13.2 Å².